The van der Waals surface area contributed by atoms with Crippen LogP contribution in [0.4, 0.5) is 24.5 Å². The Morgan fingerprint density at radius 2 is 1.70 bits per heavy atom. The van der Waals surface area contributed by atoms with Crippen molar-refractivity contribution in [3.63, 3.8) is 0 Å². The molecule has 1 saturated heterocycles. The van der Waals surface area contributed by atoms with Crippen molar-refractivity contribution in [1.82, 2.24) is 19.0 Å². The number of alkyl halides is 3. The standard InChI is InChI=1S/C27H32ClF3N6O2S/c1-40(38,39)36-13-10-24-21(18-36)25(19-6-8-20(9-7-19)27(29,30)31)33-37(24)12-3-11-34-14-16-35(17-15-34)26-22(28)4-2-5-23(26)32/h2,4-9H,3,10-18,32H2,1H3. The van der Waals surface area contributed by atoms with Crippen molar-refractivity contribution in [3.8, 4) is 11.3 Å². The van der Waals surface area contributed by atoms with Gasteiger partial charge in [-0.05, 0) is 30.7 Å². The fourth-order valence-corrected chi connectivity index (χ4v) is 6.58. The summed E-state index contributed by atoms with van der Waals surface area (Å²) >= 11 is 6.39. The molecular formula is C27H32ClF3N6O2S. The molecule has 0 bridgehead atoms. The van der Waals surface area contributed by atoms with Crippen LogP contribution in [0, 0.1) is 0 Å². The number of benzene rings is 2. The first-order valence-corrected chi connectivity index (χ1v) is 15.4. The predicted molar refractivity (Wildman–Crippen MR) is 151 cm³/mol. The van der Waals surface area contributed by atoms with Crippen LogP contribution in [-0.2, 0) is 35.7 Å². The number of nitrogen functional groups attached to an aromatic ring is 1. The number of piperazine rings is 1. The molecule has 0 aliphatic carbocycles. The van der Waals surface area contributed by atoms with Crippen molar-refractivity contribution in [3.05, 3.63) is 64.3 Å². The largest absolute Gasteiger partial charge is 0.416 e. The minimum Gasteiger partial charge on any atom is -0.397 e. The third-order valence-electron chi connectivity index (χ3n) is 7.60. The number of halogens is 4. The number of anilines is 2. The maximum absolute atomic E-state index is 13.1. The van der Waals surface area contributed by atoms with Crippen LogP contribution in [-0.4, -0.2) is 72.9 Å². The van der Waals surface area contributed by atoms with Crippen LogP contribution in [0.25, 0.3) is 11.3 Å². The molecule has 0 spiro atoms. The predicted octanol–water partition coefficient (Wildman–Crippen LogP) is 4.33. The van der Waals surface area contributed by atoms with E-state index in [0.29, 0.717) is 41.5 Å². The third-order valence-corrected chi connectivity index (χ3v) is 9.16. The normalized spacial score (nSPS) is 17.3. The van der Waals surface area contributed by atoms with Crippen LogP contribution >= 0.6 is 11.6 Å². The molecule has 1 fully saturated rings. The van der Waals surface area contributed by atoms with Crippen LogP contribution in [0.3, 0.4) is 0 Å². The zero-order valence-corrected chi connectivity index (χ0v) is 23.7. The fraction of sp³-hybridized carbons (Fsp3) is 0.444. The summed E-state index contributed by atoms with van der Waals surface area (Å²) in [5.41, 5.74) is 9.72. The molecule has 2 N–H and O–H groups in total. The Bertz CT molecular complexity index is 1450. The Morgan fingerprint density at radius 1 is 1.00 bits per heavy atom. The molecule has 0 radical (unpaired) electrons. The van der Waals surface area contributed by atoms with E-state index in [1.807, 2.05) is 22.9 Å². The first-order valence-electron chi connectivity index (χ1n) is 13.1. The van der Waals surface area contributed by atoms with Crippen LogP contribution in [0.5, 0.6) is 0 Å². The van der Waals surface area contributed by atoms with Crippen LogP contribution in [0.2, 0.25) is 5.02 Å². The molecule has 0 atom stereocenters. The smallest absolute Gasteiger partial charge is 0.397 e. The first-order chi connectivity index (χ1) is 18.9. The van der Waals surface area contributed by atoms with Gasteiger partial charge in [0.1, 0.15) is 0 Å². The molecule has 40 heavy (non-hydrogen) atoms. The van der Waals surface area contributed by atoms with Gasteiger partial charge in [0.2, 0.25) is 10.0 Å². The Morgan fingerprint density at radius 3 is 2.33 bits per heavy atom. The van der Waals surface area contributed by atoms with E-state index in [4.69, 9.17) is 22.4 Å². The molecule has 0 saturated carbocycles. The van der Waals surface area contributed by atoms with Gasteiger partial charge in [-0.3, -0.25) is 9.58 Å². The Labute approximate surface area is 237 Å². The second kappa shape index (κ2) is 11.2. The van der Waals surface area contributed by atoms with Crippen molar-refractivity contribution in [2.24, 2.45) is 0 Å². The van der Waals surface area contributed by atoms with E-state index in [1.165, 1.54) is 22.7 Å². The minimum atomic E-state index is -4.43. The SMILES string of the molecule is CS(=O)(=O)N1CCc2c(c(-c3ccc(C(F)(F)F)cc3)nn2CCCN2CCN(c3c(N)cccc3Cl)CC2)C1. The lowest BCUT2D eigenvalue weighted by Crippen LogP contribution is -2.47. The molecule has 2 aliphatic heterocycles. The van der Waals surface area contributed by atoms with Gasteiger partial charge in [0.05, 0.1) is 33.9 Å². The number of nitrogens with two attached hydrogens (primary N) is 1. The molecular weight excluding hydrogens is 565 g/mol. The molecule has 216 valence electrons. The maximum atomic E-state index is 13.1. The Hall–Kier alpha value is -2.80. The zero-order chi connectivity index (χ0) is 28.7. The van der Waals surface area contributed by atoms with Gasteiger partial charge in [-0.25, -0.2) is 8.42 Å². The molecule has 3 heterocycles. The van der Waals surface area contributed by atoms with Crippen molar-refractivity contribution < 1.29 is 21.6 Å². The number of hydrogen-bond donors (Lipinski definition) is 1. The summed E-state index contributed by atoms with van der Waals surface area (Å²) in [6.07, 6.45) is -1.95. The van der Waals surface area contributed by atoms with Gasteiger partial charge < -0.3 is 10.6 Å². The molecule has 0 amide bonds. The van der Waals surface area contributed by atoms with E-state index < -0.39 is 21.8 Å². The van der Waals surface area contributed by atoms with Crippen LogP contribution in [0.1, 0.15) is 23.2 Å². The number of aryl methyl sites for hydroxylation is 1. The van der Waals surface area contributed by atoms with E-state index in [2.05, 4.69) is 9.80 Å². The highest BCUT2D eigenvalue weighted by molar-refractivity contribution is 7.88. The van der Waals surface area contributed by atoms with Crippen molar-refractivity contribution in [2.45, 2.75) is 32.1 Å². The van der Waals surface area contributed by atoms with Gasteiger partial charge >= 0.3 is 6.18 Å². The quantitative estimate of drug-likeness (QED) is 0.409. The van der Waals surface area contributed by atoms with E-state index in [9.17, 15) is 21.6 Å². The van der Waals surface area contributed by atoms with Crippen molar-refractivity contribution in [1.29, 1.82) is 0 Å². The summed E-state index contributed by atoms with van der Waals surface area (Å²) < 4.78 is 67.1. The lowest BCUT2D eigenvalue weighted by atomic mass is 10.0. The van der Waals surface area contributed by atoms with Gasteiger partial charge in [-0.1, -0.05) is 29.8 Å². The number of hydrogen-bond acceptors (Lipinski definition) is 6. The minimum absolute atomic E-state index is 0.150. The fourth-order valence-electron chi connectivity index (χ4n) is 5.49. The van der Waals surface area contributed by atoms with Crippen LogP contribution < -0.4 is 10.6 Å². The van der Waals surface area contributed by atoms with E-state index in [1.54, 1.807) is 0 Å². The number of sulfonamides is 1. The van der Waals surface area contributed by atoms with Gasteiger partial charge in [0, 0.05) is 75.6 Å². The third kappa shape index (κ3) is 6.09. The Kier molecular flexibility index (Phi) is 8.06. The van der Waals surface area contributed by atoms with E-state index in [0.717, 1.165) is 68.2 Å². The highest BCUT2D eigenvalue weighted by atomic mass is 35.5. The second-order valence-corrected chi connectivity index (χ2v) is 12.7. The molecule has 3 aromatic rings. The lowest BCUT2D eigenvalue weighted by Gasteiger charge is -2.37. The summed E-state index contributed by atoms with van der Waals surface area (Å²) in [6, 6.07) is 10.4. The maximum Gasteiger partial charge on any atom is 0.416 e. The number of fused-ring (bicyclic) bond motifs is 1. The molecule has 2 aliphatic rings. The van der Waals surface area contributed by atoms with Gasteiger partial charge in [0.25, 0.3) is 0 Å². The summed E-state index contributed by atoms with van der Waals surface area (Å²) in [4.78, 5) is 4.59. The number of aromatic nitrogens is 2. The zero-order valence-electron chi connectivity index (χ0n) is 22.2. The topological polar surface area (TPSA) is 87.7 Å². The highest BCUT2D eigenvalue weighted by Crippen LogP contribution is 2.35. The van der Waals surface area contributed by atoms with Gasteiger partial charge in [0.15, 0.2) is 0 Å². The highest BCUT2D eigenvalue weighted by Gasteiger charge is 2.32. The first kappa shape index (κ1) is 28.7. The summed E-state index contributed by atoms with van der Waals surface area (Å²) in [5, 5.41) is 5.43. The molecule has 1 aromatic heterocycles. The molecule has 5 rings (SSSR count). The lowest BCUT2D eigenvalue weighted by molar-refractivity contribution is -0.137. The number of para-hydroxylation sites is 1. The summed E-state index contributed by atoms with van der Waals surface area (Å²) in [7, 11) is -3.43. The summed E-state index contributed by atoms with van der Waals surface area (Å²) in [6.45, 7) is 5.32. The van der Waals surface area contributed by atoms with E-state index in [-0.39, 0.29) is 6.54 Å². The van der Waals surface area contributed by atoms with Crippen molar-refractivity contribution in [2.75, 3.05) is 56.2 Å². The Balaban J connectivity index is 1.28. The number of rotatable bonds is 7. The van der Waals surface area contributed by atoms with Gasteiger partial charge in [-0.2, -0.15) is 22.6 Å². The molecule has 13 heteroatoms. The van der Waals surface area contributed by atoms with Gasteiger partial charge in [-0.15, -0.1) is 0 Å². The van der Waals surface area contributed by atoms with Crippen molar-refractivity contribution >= 4 is 33.0 Å². The average molecular weight is 597 g/mol. The molecule has 8 nitrogen and oxygen atoms in total. The molecule has 0 unspecified atom stereocenters. The number of nitrogens with zero attached hydrogens (tertiary/aromatic N) is 5. The molecule has 2 aromatic carbocycles. The average Bonchev–Trinajstić information content (AvgIpc) is 3.26. The second-order valence-electron chi connectivity index (χ2n) is 10.3. The van der Waals surface area contributed by atoms with E-state index >= 15 is 0 Å². The van der Waals surface area contributed by atoms with Crippen LogP contribution in [0.15, 0.2) is 42.5 Å². The summed E-state index contributed by atoms with van der Waals surface area (Å²) in [5.74, 6) is 0. The monoisotopic (exact) mass is 596 g/mol.